The van der Waals surface area contributed by atoms with Crippen molar-refractivity contribution in [1.29, 1.82) is 0 Å². The van der Waals surface area contributed by atoms with Crippen molar-refractivity contribution in [2.75, 3.05) is 19.3 Å². The molecule has 1 saturated heterocycles. The van der Waals surface area contributed by atoms with Gasteiger partial charge in [-0.15, -0.1) is 0 Å². The maximum atomic E-state index is 6.37. The molecule has 3 aliphatic carbocycles. The Hall–Kier alpha value is -2.42. The van der Waals surface area contributed by atoms with Crippen molar-refractivity contribution in [2.45, 2.75) is 44.4 Å². The summed E-state index contributed by atoms with van der Waals surface area (Å²) in [6.07, 6.45) is 11.1. The van der Waals surface area contributed by atoms with Crippen LogP contribution in [-0.4, -0.2) is 34.9 Å². The molecule has 0 amide bonds. The summed E-state index contributed by atoms with van der Waals surface area (Å²) in [7, 11) is 3.36. The van der Waals surface area contributed by atoms with Crippen molar-refractivity contribution in [2.24, 2.45) is 11.8 Å². The van der Waals surface area contributed by atoms with Gasteiger partial charge in [0.25, 0.3) is 0 Å². The fourth-order valence-corrected chi connectivity index (χ4v) is 5.17. The highest BCUT2D eigenvalue weighted by atomic mass is 16.8. The summed E-state index contributed by atoms with van der Waals surface area (Å²) in [4.78, 5) is 14.8. The zero-order valence-corrected chi connectivity index (χ0v) is 16.9. The van der Waals surface area contributed by atoms with Crippen LogP contribution in [0.5, 0.6) is 11.5 Å². The fourth-order valence-electron chi connectivity index (χ4n) is 5.17. The fraction of sp³-hybridized carbons (Fsp3) is 0.524. The molecule has 6 rings (SSSR count). The maximum Gasteiger partial charge on any atom is 0.166 e. The first kappa shape index (κ1) is 18.6. The molecule has 1 spiro atoms. The van der Waals surface area contributed by atoms with Crippen molar-refractivity contribution in [3.8, 4) is 11.5 Å². The monoisotopic (exact) mass is 397 g/mol. The lowest BCUT2D eigenvalue weighted by Crippen LogP contribution is -2.59. The summed E-state index contributed by atoms with van der Waals surface area (Å²) in [6.45, 7) is 0.637. The number of hydrazine groups is 2. The summed E-state index contributed by atoms with van der Waals surface area (Å²) >= 11 is 0. The first-order valence-electron chi connectivity index (χ1n) is 10.2. The second-order valence-corrected chi connectivity index (χ2v) is 8.10. The van der Waals surface area contributed by atoms with Crippen LogP contribution in [0.15, 0.2) is 36.9 Å². The van der Waals surface area contributed by atoms with Gasteiger partial charge in [0.05, 0.1) is 33.2 Å². The van der Waals surface area contributed by atoms with E-state index in [1.807, 2.05) is 17.3 Å². The Balaban J connectivity index is 1.53. The van der Waals surface area contributed by atoms with Gasteiger partial charge in [0, 0.05) is 17.5 Å². The molecule has 2 aromatic rings. The number of hydrogen-bond donors (Lipinski definition) is 1. The number of fused-ring (bicyclic) bond motifs is 2. The molecule has 4 aliphatic rings. The second kappa shape index (κ2) is 7.44. The third-order valence-corrected chi connectivity index (χ3v) is 6.66. The highest BCUT2D eigenvalue weighted by Crippen LogP contribution is 2.53. The number of methoxy groups -OCH3 is 2. The van der Waals surface area contributed by atoms with Gasteiger partial charge >= 0.3 is 0 Å². The van der Waals surface area contributed by atoms with Crippen LogP contribution in [0.1, 0.15) is 37.7 Å². The molecular formula is C21H27N5O3. The normalized spacial score (nSPS) is 28.8. The van der Waals surface area contributed by atoms with Crippen LogP contribution in [0.25, 0.3) is 0 Å². The van der Waals surface area contributed by atoms with Gasteiger partial charge in [-0.2, -0.15) is 5.01 Å². The summed E-state index contributed by atoms with van der Waals surface area (Å²) in [5, 5.41) is 4.25. The van der Waals surface area contributed by atoms with Crippen LogP contribution in [-0.2, 0) is 11.4 Å². The van der Waals surface area contributed by atoms with Crippen LogP contribution in [0.2, 0.25) is 0 Å². The predicted octanol–water partition coefficient (Wildman–Crippen LogP) is 3.07. The van der Waals surface area contributed by atoms with Gasteiger partial charge in [-0.05, 0) is 44.1 Å². The van der Waals surface area contributed by atoms with Gasteiger partial charge in [-0.25, -0.2) is 15.1 Å². The lowest BCUT2D eigenvalue weighted by Gasteiger charge is -2.51. The summed E-state index contributed by atoms with van der Waals surface area (Å²) in [5.74, 6) is 2.77. The zero-order chi connectivity index (χ0) is 19.8. The van der Waals surface area contributed by atoms with E-state index in [0.717, 1.165) is 29.2 Å². The molecule has 0 unspecified atom stereocenters. The predicted molar refractivity (Wildman–Crippen MR) is 107 cm³/mol. The van der Waals surface area contributed by atoms with Gasteiger partial charge in [0.2, 0.25) is 0 Å². The largest absolute Gasteiger partial charge is 0.497 e. The molecular weight excluding hydrogens is 370 g/mol. The first-order valence-corrected chi connectivity index (χ1v) is 10.2. The minimum Gasteiger partial charge on any atom is -0.497 e. The van der Waals surface area contributed by atoms with Crippen molar-refractivity contribution in [3.63, 3.8) is 0 Å². The smallest absolute Gasteiger partial charge is 0.166 e. The lowest BCUT2D eigenvalue weighted by molar-refractivity contribution is -0.201. The van der Waals surface area contributed by atoms with E-state index >= 15 is 0 Å². The number of ether oxygens (including phenoxy) is 2. The average molecular weight is 397 g/mol. The van der Waals surface area contributed by atoms with E-state index in [4.69, 9.17) is 14.3 Å². The maximum absolute atomic E-state index is 6.37. The van der Waals surface area contributed by atoms with E-state index in [2.05, 4.69) is 26.6 Å². The van der Waals surface area contributed by atoms with Gasteiger partial charge < -0.3 is 9.47 Å². The quantitative estimate of drug-likeness (QED) is 0.825. The summed E-state index contributed by atoms with van der Waals surface area (Å²) in [5.41, 5.74) is 4.71. The molecule has 2 heterocycles. The molecule has 3 saturated carbocycles. The molecule has 1 aromatic carbocycles. The molecule has 0 radical (unpaired) electrons. The Kier molecular flexibility index (Phi) is 4.77. The minimum absolute atomic E-state index is 0.373. The standard InChI is InChI=1S/C21H27N5O3/c1-27-19-8-5-16(20(9-19)28-2)13-25-21(10-15-3-6-17(21)7-4-15)29-24-26(25)18-11-22-14-23-12-18/h5,8-9,11-12,14-15,17,24H,3-4,6-7,10,13H2,1-2H3/t15?,17?,21-/m1/s1. The van der Waals surface area contributed by atoms with E-state index in [1.165, 1.54) is 32.0 Å². The van der Waals surface area contributed by atoms with Crippen molar-refractivity contribution in [3.05, 3.63) is 42.5 Å². The number of hydrogen-bond acceptors (Lipinski definition) is 8. The molecule has 1 aliphatic heterocycles. The van der Waals surface area contributed by atoms with E-state index in [0.29, 0.717) is 18.4 Å². The van der Waals surface area contributed by atoms with Crippen LogP contribution < -0.4 is 20.2 Å². The topological polar surface area (TPSA) is 72.0 Å². The van der Waals surface area contributed by atoms with Gasteiger partial charge in [-0.3, -0.25) is 4.84 Å². The number of aromatic nitrogens is 2. The Bertz CT molecular complexity index is 859. The molecule has 1 aromatic heterocycles. The Morgan fingerprint density at radius 1 is 1.14 bits per heavy atom. The Labute approximate surface area is 170 Å². The van der Waals surface area contributed by atoms with Crippen molar-refractivity contribution < 1.29 is 14.3 Å². The zero-order valence-electron chi connectivity index (χ0n) is 16.9. The average Bonchev–Trinajstić information content (AvgIpc) is 3.12. The molecule has 4 fully saturated rings. The molecule has 1 N–H and O–H groups in total. The molecule has 8 heteroatoms. The number of benzene rings is 1. The Morgan fingerprint density at radius 3 is 2.59 bits per heavy atom. The van der Waals surface area contributed by atoms with Crippen LogP contribution in [0.3, 0.4) is 0 Å². The van der Waals surface area contributed by atoms with Gasteiger partial charge in [0.1, 0.15) is 23.5 Å². The number of nitrogens with one attached hydrogen (secondary N) is 1. The highest BCUT2D eigenvalue weighted by Gasteiger charge is 2.58. The number of rotatable bonds is 5. The van der Waals surface area contributed by atoms with Gasteiger partial charge in [0.15, 0.2) is 5.72 Å². The lowest BCUT2D eigenvalue weighted by atomic mass is 9.65. The second-order valence-electron chi connectivity index (χ2n) is 8.10. The van der Waals surface area contributed by atoms with E-state index in [9.17, 15) is 0 Å². The summed E-state index contributed by atoms with van der Waals surface area (Å²) in [6, 6.07) is 5.96. The molecule has 1 atom stereocenters. The molecule has 29 heavy (non-hydrogen) atoms. The van der Waals surface area contributed by atoms with E-state index < -0.39 is 0 Å². The van der Waals surface area contributed by atoms with Crippen LogP contribution in [0, 0.1) is 11.8 Å². The van der Waals surface area contributed by atoms with E-state index in [-0.39, 0.29) is 5.72 Å². The number of nitrogens with zero attached hydrogens (tertiary/aromatic N) is 4. The van der Waals surface area contributed by atoms with Crippen molar-refractivity contribution >= 4 is 5.69 Å². The number of anilines is 1. The molecule has 154 valence electrons. The van der Waals surface area contributed by atoms with E-state index in [1.54, 1.807) is 26.6 Å². The SMILES string of the molecule is COc1ccc(CN2N(c3cncnc3)NO[C@@]23CC2CCC3CC2)c(OC)c1. The van der Waals surface area contributed by atoms with Crippen LogP contribution >= 0.6 is 0 Å². The first-order chi connectivity index (χ1) is 14.2. The molecule has 2 bridgehead atoms. The van der Waals surface area contributed by atoms with Crippen molar-refractivity contribution in [1.82, 2.24) is 20.6 Å². The minimum atomic E-state index is -0.373. The summed E-state index contributed by atoms with van der Waals surface area (Å²) < 4.78 is 11.0. The third kappa shape index (κ3) is 3.11. The van der Waals surface area contributed by atoms with Crippen LogP contribution in [0.4, 0.5) is 5.69 Å². The highest BCUT2D eigenvalue weighted by molar-refractivity contribution is 5.43. The third-order valence-electron chi connectivity index (χ3n) is 6.66. The molecule has 8 nitrogen and oxygen atoms in total. The Morgan fingerprint density at radius 2 is 1.93 bits per heavy atom. The van der Waals surface area contributed by atoms with Gasteiger partial charge in [-0.1, -0.05) is 11.7 Å².